The summed E-state index contributed by atoms with van der Waals surface area (Å²) in [5.41, 5.74) is 3.57. The van der Waals surface area contributed by atoms with E-state index >= 15 is 0 Å². The second kappa shape index (κ2) is 8.46. The van der Waals surface area contributed by atoms with Crippen LogP contribution < -0.4 is 10.1 Å². The van der Waals surface area contributed by atoms with Gasteiger partial charge in [-0.2, -0.15) is 0 Å². The monoisotopic (exact) mass is 406 g/mol. The van der Waals surface area contributed by atoms with Crippen LogP contribution in [-0.4, -0.2) is 18.0 Å². The van der Waals surface area contributed by atoms with E-state index in [1.165, 1.54) is 5.56 Å². The van der Waals surface area contributed by atoms with Crippen LogP contribution in [0.15, 0.2) is 77.1 Å². The van der Waals surface area contributed by atoms with Gasteiger partial charge in [-0.15, -0.1) is 11.3 Å². The molecule has 1 amide bonds. The van der Waals surface area contributed by atoms with E-state index in [1.54, 1.807) is 54.5 Å². The van der Waals surface area contributed by atoms with Crippen molar-refractivity contribution in [3.63, 3.8) is 0 Å². The fourth-order valence-electron chi connectivity index (χ4n) is 2.71. The molecule has 0 radical (unpaired) electrons. The van der Waals surface area contributed by atoms with Crippen molar-refractivity contribution in [1.29, 1.82) is 0 Å². The summed E-state index contributed by atoms with van der Waals surface area (Å²) in [7, 11) is 1.60. The number of aromatic nitrogens is 1. The van der Waals surface area contributed by atoms with Crippen LogP contribution in [0.5, 0.6) is 5.75 Å². The Hall–Kier alpha value is -2.83. The Labute approximate surface area is 171 Å². The molecule has 0 aliphatic rings. The Morgan fingerprint density at radius 1 is 1.07 bits per heavy atom. The first-order chi connectivity index (χ1) is 13.7. The predicted octanol–water partition coefficient (Wildman–Crippen LogP) is 5.85. The van der Waals surface area contributed by atoms with Gasteiger partial charge in [0, 0.05) is 17.0 Å². The molecule has 1 heterocycles. The highest BCUT2D eigenvalue weighted by Crippen LogP contribution is 2.33. The lowest BCUT2D eigenvalue weighted by Gasteiger charge is -2.06. The number of amides is 1. The molecule has 0 aliphatic heterocycles. The molecule has 4 aromatic rings. The zero-order valence-corrected chi connectivity index (χ0v) is 16.8. The molecule has 1 aromatic heterocycles. The van der Waals surface area contributed by atoms with E-state index in [1.807, 2.05) is 36.4 Å². The number of nitrogens with one attached hydrogen (secondary N) is 1. The van der Waals surface area contributed by atoms with Gasteiger partial charge < -0.3 is 10.1 Å². The van der Waals surface area contributed by atoms with E-state index < -0.39 is 0 Å². The van der Waals surface area contributed by atoms with Crippen LogP contribution in [0, 0.1) is 0 Å². The topological polar surface area (TPSA) is 51.2 Å². The maximum Gasteiger partial charge on any atom is 0.255 e. The Morgan fingerprint density at radius 2 is 1.86 bits per heavy atom. The number of carbonyl (C=O) groups excluding carboxylic acids is 1. The molecule has 140 valence electrons. The number of rotatable bonds is 6. The van der Waals surface area contributed by atoms with Gasteiger partial charge in [-0.1, -0.05) is 42.1 Å². The number of carbonyl (C=O) groups is 1. The smallest absolute Gasteiger partial charge is 0.255 e. The number of nitrogens with zero attached hydrogens (tertiary/aromatic N) is 1. The number of ether oxygens (including phenoxy) is 1. The van der Waals surface area contributed by atoms with Gasteiger partial charge in [0.25, 0.3) is 5.91 Å². The van der Waals surface area contributed by atoms with Gasteiger partial charge in [0.2, 0.25) is 0 Å². The number of hydrogen-bond acceptors (Lipinski definition) is 5. The molecule has 0 spiro atoms. The molecule has 4 nitrogen and oxygen atoms in total. The molecule has 0 saturated carbocycles. The molecule has 0 unspecified atom stereocenters. The summed E-state index contributed by atoms with van der Waals surface area (Å²) in [5.74, 6) is 1.47. The number of thioether (sulfide) groups is 1. The van der Waals surface area contributed by atoms with Gasteiger partial charge in [0.1, 0.15) is 5.75 Å². The van der Waals surface area contributed by atoms with Crippen LogP contribution in [0.4, 0.5) is 5.69 Å². The van der Waals surface area contributed by atoms with Crippen LogP contribution in [0.1, 0.15) is 15.9 Å². The molecular formula is C22H18N2O2S2. The Kier molecular flexibility index (Phi) is 5.60. The van der Waals surface area contributed by atoms with Crippen molar-refractivity contribution in [3.8, 4) is 5.75 Å². The van der Waals surface area contributed by atoms with E-state index in [9.17, 15) is 4.79 Å². The average Bonchev–Trinajstić information content (AvgIpc) is 3.15. The van der Waals surface area contributed by atoms with Crippen molar-refractivity contribution in [3.05, 3.63) is 83.9 Å². The number of fused-ring (bicyclic) bond motifs is 1. The summed E-state index contributed by atoms with van der Waals surface area (Å²) >= 11 is 3.37. The second-order valence-electron chi connectivity index (χ2n) is 6.12. The summed E-state index contributed by atoms with van der Waals surface area (Å²) in [5, 5.41) is 2.95. The van der Waals surface area contributed by atoms with Crippen LogP contribution in [0.2, 0.25) is 0 Å². The van der Waals surface area contributed by atoms with Crippen molar-refractivity contribution in [2.45, 2.75) is 10.1 Å². The molecule has 4 rings (SSSR count). The minimum Gasteiger partial charge on any atom is -0.497 e. The highest BCUT2D eigenvalue weighted by molar-refractivity contribution is 8.00. The molecule has 28 heavy (non-hydrogen) atoms. The second-order valence-corrected chi connectivity index (χ2v) is 8.37. The molecule has 1 N–H and O–H groups in total. The van der Waals surface area contributed by atoms with Crippen molar-refractivity contribution >= 4 is 44.9 Å². The van der Waals surface area contributed by atoms with Crippen molar-refractivity contribution < 1.29 is 9.53 Å². The Morgan fingerprint density at radius 3 is 2.61 bits per heavy atom. The largest absolute Gasteiger partial charge is 0.497 e. The molecule has 0 bridgehead atoms. The van der Waals surface area contributed by atoms with Crippen LogP contribution in [0.25, 0.3) is 10.2 Å². The molecule has 3 aromatic carbocycles. The summed E-state index contributed by atoms with van der Waals surface area (Å²) < 4.78 is 7.21. The van der Waals surface area contributed by atoms with Crippen LogP contribution in [0.3, 0.4) is 0 Å². The lowest BCUT2D eigenvalue weighted by molar-refractivity contribution is 0.102. The number of methoxy groups -OCH3 is 1. The third-order valence-corrected chi connectivity index (χ3v) is 6.42. The quantitative estimate of drug-likeness (QED) is 0.408. The number of anilines is 1. The highest BCUT2D eigenvalue weighted by atomic mass is 32.2. The van der Waals surface area contributed by atoms with E-state index in [0.717, 1.165) is 31.7 Å². The zero-order valence-electron chi connectivity index (χ0n) is 15.2. The lowest BCUT2D eigenvalue weighted by atomic mass is 10.2. The summed E-state index contributed by atoms with van der Waals surface area (Å²) in [6.07, 6.45) is 0. The van der Waals surface area contributed by atoms with Crippen molar-refractivity contribution in [2.24, 2.45) is 0 Å². The average molecular weight is 407 g/mol. The van der Waals surface area contributed by atoms with Crippen LogP contribution >= 0.6 is 23.1 Å². The predicted molar refractivity (Wildman–Crippen MR) is 117 cm³/mol. The SMILES string of the molecule is COc1ccc(C(=O)Nc2ccc3nc(SCc4ccccc4)sc3c2)cc1. The lowest BCUT2D eigenvalue weighted by Crippen LogP contribution is -2.11. The van der Waals surface area contributed by atoms with Gasteiger partial charge in [-0.05, 0) is 48.0 Å². The van der Waals surface area contributed by atoms with Gasteiger partial charge >= 0.3 is 0 Å². The normalized spacial score (nSPS) is 10.8. The maximum absolute atomic E-state index is 12.4. The Balaban J connectivity index is 1.45. The Bertz CT molecular complexity index is 1090. The molecular weight excluding hydrogens is 388 g/mol. The van der Waals surface area contributed by atoms with Gasteiger partial charge in [-0.25, -0.2) is 4.98 Å². The third-order valence-electron chi connectivity index (χ3n) is 4.18. The van der Waals surface area contributed by atoms with E-state index in [-0.39, 0.29) is 5.91 Å². The first-order valence-corrected chi connectivity index (χ1v) is 10.5. The highest BCUT2D eigenvalue weighted by Gasteiger charge is 2.09. The molecule has 0 aliphatic carbocycles. The summed E-state index contributed by atoms with van der Waals surface area (Å²) in [6.45, 7) is 0. The number of benzene rings is 3. The van der Waals surface area contributed by atoms with Gasteiger partial charge in [0.05, 0.1) is 17.3 Å². The minimum atomic E-state index is -0.148. The fraction of sp³-hybridized carbons (Fsp3) is 0.0909. The standard InChI is InChI=1S/C22H18N2O2S2/c1-26-18-10-7-16(8-11-18)21(25)23-17-9-12-19-20(13-17)28-22(24-19)27-14-15-5-3-2-4-6-15/h2-13H,14H2,1H3,(H,23,25). The summed E-state index contributed by atoms with van der Waals surface area (Å²) in [6, 6.07) is 23.2. The molecule has 0 fully saturated rings. The van der Waals surface area contributed by atoms with Gasteiger partial charge in [-0.3, -0.25) is 4.79 Å². The number of thiazole rings is 1. The maximum atomic E-state index is 12.4. The van der Waals surface area contributed by atoms with Gasteiger partial charge in [0.15, 0.2) is 4.34 Å². The first-order valence-electron chi connectivity index (χ1n) is 8.74. The zero-order chi connectivity index (χ0) is 19.3. The number of hydrogen-bond donors (Lipinski definition) is 1. The first kappa shape index (κ1) is 18.5. The van der Waals surface area contributed by atoms with E-state index in [2.05, 4.69) is 22.4 Å². The van der Waals surface area contributed by atoms with Crippen LogP contribution in [-0.2, 0) is 5.75 Å². The van der Waals surface area contributed by atoms with Crippen molar-refractivity contribution in [1.82, 2.24) is 4.98 Å². The molecule has 6 heteroatoms. The van der Waals surface area contributed by atoms with Crippen molar-refractivity contribution in [2.75, 3.05) is 12.4 Å². The minimum absolute atomic E-state index is 0.148. The third kappa shape index (κ3) is 4.35. The molecule has 0 atom stereocenters. The van der Waals surface area contributed by atoms with E-state index in [4.69, 9.17) is 4.74 Å². The fourth-order valence-corrected chi connectivity index (χ4v) is 4.77. The van der Waals surface area contributed by atoms with E-state index in [0.29, 0.717) is 5.56 Å². The molecule has 0 saturated heterocycles. The summed E-state index contributed by atoms with van der Waals surface area (Å²) in [4.78, 5) is 17.1.